The SMILES string of the molecule is CC1(O)CCCN(Cc2ccc([N+](=O)[O-])o2)C1. The van der Waals surface area contributed by atoms with Crippen molar-refractivity contribution in [1.82, 2.24) is 4.90 Å². The predicted molar refractivity (Wildman–Crippen MR) is 60.5 cm³/mol. The summed E-state index contributed by atoms with van der Waals surface area (Å²) in [6.07, 6.45) is 1.72. The Kier molecular flexibility index (Phi) is 3.17. The number of piperidine rings is 1. The maximum Gasteiger partial charge on any atom is 0.433 e. The molecule has 1 N–H and O–H groups in total. The van der Waals surface area contributed by atoms with E-state index in [0.29, 0.717) is 18.8 Å². The Morgan fingerprint density at radius 3 is 3.00 bits per heavy atom. The Labute approximate surface area is 99.0 Å². The van der Waals surface area contributed by atoms with Gasteiger partial charge in [-0.3, -0.25) is 15.0 Å². The molecule has 6 heteroatoms. The first-order valence-corrected chi connectivity index (χ1v) is 5.64. The summed E-state index contributed by atoms with van der Waals surface area (Å²) in [7, 11) is 0. The molecule has 0 aromatic carbocycles. The minimum atomic E-state index is -0.670. The number of furan rings is 1. The van der Waals surface area contributed by atoms with Crippen molar-refractivity contribution in [3.05, 3.63) is 28.0 Å². The fourth-order valence-electron chi connectivity index (χ4n) is 2.23. The van der Waals surface area contributed by atoms with E-state index in [1.165, 1.54) is 6.07 Å². The van der Waals surface area contributed by atoms with E-state index in [9.17, 15) is 15.2 Å². The number of rotatable bonds is 3. The number of aliphatic hydroxyl groups is 1. The molecule has 1 fully saturated rings. The molecule has 0 aliphatic carbocycles. The third kappa shape index (κ3) is 3.04. The van der Waals surface area contributed by atoms with E-state index in [1.807, 2.05) is 11.8 Å². The van der Waals surface area contributed by atoms with Crippen LogP contribution in [0.5, 0.6) is 0 Å². The molecule has 0 saturated carbocycles. The van der Waals surface area contributed by atoms with Crippen molar-refractivity contribution >= 4 is 5.88 Å². The van der Waals surface area contributed by atoms with Crippen LogP contribution in [0, 0.1) is 10.1 Å². The summed E-state index contributed by atoms with van der Waals surface area (Å²) in [4.78, 5) is 12.0. The topological polar surface area (TPSA) is 79.8 Å². The highest BCUT2D eigenvalue weighted by atomic mass is 16.6. The Morgan fingerprint density at radius 2 is 2.41 bits per heavy atom. The van der Waals surface area contributed by atoms with E-state index in [4.69, 9.17) is 4.42 Å². The van der Waals surface area contributed by atoms with Gasteiger partial charge in [-0.25, -0.2) is 0 Å². The van der Waals surface area contributed by atoms with Crippen LogP contribution >= 0.6 is 0 Å². The van der Waals surface area contributed by atoms with Crippen molar-refractivity contribution in [3.8, 4) is 0 Å². The van der Waals surface area contributed by atoms with Crippen LogP contribution in [0.1, 0.15) is 25.5 Å². The molecule has 1 aliphatic rings. The van der Waals surface area contributed by atoms with Gasteiger partial charge in [0.15, 0.2) is 0 Å². The Hall–Kier alpha value is -1.40. The molecule has 1 atom stereocenters. The Morgan fingerprint density at radius 1 is 1.65 bits per heavy atom. The molecule has 6 nitrogen and oxygen atoms in total. The van der Waals surface area contributed by atoms with Gasteiger partial charge in [0.1, 0.15) is 10.7 Å². The minimum absolute atomic E-state index is 0.233. The summed E-state index contributed by atoms with van der Waals surface area (Å²) in [6.45, 7) is 3.76. The lowest BCUT2D eigenvalue weighted by molar-refractivity contribution is -0.402. The van der Waals surface area contributed by atoms with E-state index >= 15 is 0 Å². The zero-order chi connectivity index (χ0) is 12.5. The van der Waals surface area contributed by atoms with Crippen LogP contribution in [0.25, 0.3) is 0 Å². The number of hydrogen-bond acceptors (Lipinski definition) is 5. The third-order valence-corrected chi connectivity index (χ3v) is 2.96. The van der Waals surface area contributed by atoms with E-state index in [0.717, 1.165) is 19.4 Å². The largest absolute Gasteiger partial charge is 0.433 e. The van der Waals surface area contributed by atoms with Crippen molar-refractivity contribution in [2.24, 2.45) is 0 Å². The molecular formula is C11H16N2O4. The molecule has 0 radical (unpaired) electrons. The minimum Gasteiger partial charge on any atom is -0.404 e. The second kappa shape index (κ2) is 4.46. The Bertz CT molecular complexity index is 413. The first-order valence-electron chi connectivity index (χ1n) is 5.64. The van der Waals surface area contributed by atoms with Crippen LogP contribution in [-0.4, -0.2) is 33.6 Å². The number of β-amino-alcohol motifs (C(OH)–C–C–N with tert-alkyl or cyclic N) is 1. The lowest BCUT2D eigenvalue weighted by atomic mass is 9.95. The number of hydrogen-bond donors (Lipinski definition) is 1. The van der Waals surface area contributed by atoms with Crippen molar-refractivity contribution in [2.45, 2.75) is 31.9 Å². The molecule has 0 spiro atoms. The van der Waals surface area contributed by atoms with Gasteiger partial charge in [-0.2, -0.15) is 0 Å². The van der Waals surface area contributed by atoms with Gasteiger partial charge in [-0.15, -0.1) is 0 Å². The normalized spacial score (nSPS) is 26.0. The molecule has 0 bridgehead atoms. The molecule has 2 heterocycles. The molecule has 0 amide bonds. The zero-order valence-corrected chi connectivity index (χ0v) is 9.76. The second-order valence-corrected chi connectivity index (χ2v) is 4.81. The first kappa shape index (κ1) is 12.1. The maximum absolute atomic E-state index is 10.5. The van der Waals surface area contributed by atoms with E-state index in [-0.39, 0.29) is 5.88 Å². The summed E-state index contributed by atoms with van der Waals surface area (Å²) >= 11 is 0. The fourth-order valence-corrected chi connectivity index (χ4v) is 2.23. The van der Waals surface area contributed by atoms with Gasteiger partial charge in [0, 0.05) is 6.54 Å². The monoisotopic (exact) mass is 240 g/mol. The molecule has 1 aromatic rings. The summed E-state index contributed by atoms with van der Waals surface area (Å²) in [5.41, 5.74) is -0.670. The van der Waals surface area contributed by atoms with Gasteiger partial charge < -0.3 is 9.52 Å². The molecule has 17 heavy (non-hydrogen) atoms. The highest BCUT2D eigenvalue weighted by Gasteiger charge is 2.28. The van der Waals surface area contributed by atoms with Crippen molar-refractivity contribution < 1.29 is 14.4 Å². The highest BCUT2D eigenvalue weighted by molar-refractivity contribution is 5.17. The molecule has 1 aliphatic heterocycles. The van der Waals surface area contributed by atoms with Crippen LogP contribution in [-0.2, 0) is 6.54 Å². The van der Waals surface area contributed by atoms with Crippen LogP contribution in [0.4, 0.5) is 5.88 Å². The van der Waals surface area contributed by atoms with E-state index in [1.54, 1.807) is 6.07 Å². The number of nitro groups is 1. The van der Waals surface area contributed by atoms with Gasteiger partial charge in [0.25, 0.3) is 0 Å². The lowest BCUT2D eigenvalue weighted by Gasteiger charge is -2.36. The molecule has 1 saturated heterocycles. The van der Waals surface area contributed by atoms with Crippen molar-refractivity contribution in [3.63, 3.8) is 0 Å². The van der Waals surface area contributed by atoms with Crippen LogP contribution in [0.15, 0.2) is 16.5 Å². The molecule has 1 aromatic heterocycles. The maximum atomic E-state index is 10.5. The Balaban J connectivity index is 1.98. The molecule has 94 valence electrons. The predicted octanol–water partition coefficient (Wildman–Crippen LogP) is 1.53. The van der Waals surface area contributed by atoms with Crippen LogP contribution in [0.3, 0.4) is 0 Å². The quantitative estimate of drug-likeness (QED) is 0.640. The summed E-state index contributed by atoms with van der Waals surface area (Å²) in [5, 5.41) is 20.4. The van der Waals surface area contributed by atoms with Gasteiger partial charge in [-0.1, -0.05) is 0 Å². The fraction of sp³-hybridized carbons (Fsp3) is 0.636. The summed E-state index contributed by atoms with van der Waals surface area (Å²) in [6, 6.07) is 2.97. The number of nitrogens with zero attached hydrogens (tertiary/aromatic N) is 2. The molecule has 1 unspecified atom stereocenters. The van der Waals surface area contributed by atoms with Crippen LogP contribution in [0.2, 0.25) is 0 Å². The summed E-state index contributed by atoms with van der Waals surface area (Å²) in [5.74, 6) is 0.332. The van der Waals surface area contributed by atoms with Gasteiger partial charge >= 0.3 is 5.88 Å². The van der Waals surface area contributed by atoms with Gasteiger partial charge in [-0.05, 0) is 32.4 Å². The average molecular weight is 240 g/mol. The molecule has 2 rings (SSSR count). The molecular weight excluding hydrogens is 224 g/mol. The smallest absolute Gasteiger partial charge is 0.404 e. The standard InChI is InChI=1S/C11H16N2O4/c1-11(14)5-2-6-12(8-11)7-9-3-4-10(17-9)13(15)16/h3-4,14H,2,5-8H2,1H3. The first-order chi connectivity index (χ1) is 7.96. The zero-order valence-electron chi connectivity index (χ0n) is 9.76. The second-order valence-electron chi connectivity index (χ2n) is 4.81. The summed E-state index contributed by atoms with van der Waals surface area (Å²) < 4.78 is 5.09. The van der Waals surface area contributed by atoms with Crippen molar-refractivity contribution in [2.75, 3.05) is 13.1 Å². The van der Waals surface area contributed by atoms with E-state index < -0.39 is 10.5 Å². The number of likely N-dealkylation sites (tertiary alicyclic amines) is 1. The van der Waals surface area contributed by atoms with Gasteiger partial charge in [0.2, 0.25) is 0 Å². The lowest BCUT2D eigenvalue weighted by Crippen LogP contribution is -2.45. The van der Waals surface area contributed by atoms with Gasteiger partial charge in [0.05, 0.1) is 18.2 Å². The third-order valence-electron chi connectivity index (χ3n) is 2.96. The van der Waals surface area contributed by atoms with E-state index in [2.05, 4.69) is 0 Å². The average Bonchev–Trinajstić information content (AvgIpc) is 2.64. The highest BCUT2D eigenvalue weighted by Crippen LogP contribution is 2.23. The van der Waals surface area contributed by atoms with Crippen molar-refractivity contribution in [1.29, 1.82) is 0 Å². The van der Waals surface area contributed by atoms with Crippen LogP contribution < -0.4 is 0 Å².